The average molecular weight is 408 g/mol. The van der Waals surface area contributed by atoms with Gasteiger partial charge in [0.15, 0.2) is 16.6 Å². The fourth-order valence-electron chi connectivity index (χ4n) is 1.92. The molecular formula is C6H12N18OSi2. The lowest BCUT2D eigenvalue weighted by Crippen LogP contribution is -2.63. The second-order valence-corrected chi connectivity index (χ2v) is 12.2. The van der Waals surface area contributed by atoms with Crippen LogP contribution in [0.1, 0.15) is 0 Å². The molecule has 0 atom stereocenters. The van der Waals surface area contributed by atoms with Gasteiger partial charge in [0.05, 0.1) is 0 Å². The predicted molar refractivity (Wildman–Crippen MR) is 96.7 cm³/mol. The molecule has 0 unspecified atom stereocenters. The number of azide groups is 6. The van der Waals surface area contributed by atoms with Gasteiger partial charge in [0, 0.05) is 66.5 Å². The fourth-order valence-corrected chi connectivity index (χ4v) is 9.67. The average Bonchev–Trinajstić information content (AvgIpc) is 2.70. The molecule has 0 saturated carbocycles. The van der Waals surface area contributed by atoms with Crippen LogP contribution in [0.15, 0.2) is 30.7 Å². The van der Waals surface area contributed by atoms with E-state index < -0.39 is 16.6 Å². The molecule has 0 bridgehead atoms. The molecule has 0 rings (SSSR count). The second-order valence-electron chi connectivity index (χ2n) is 4.80. The lowest BCUT2D eigenvalue weighted by Gasteiger charge is -2.38. The zero-order valence-corrected chi connectivity index (χ0v) is 15.7. The summed E-state index contributed by atoms with van der Waals surface area (Å²) in [5.41, 5.74) is 51.8. The van der Waals surface area contributed by atoms with Crippen molar-refractivity contribution in [1.29, 1.82) is 0 Å². The van der Waals surface area contributed by atoms with E-state index in [4.69, 9.17) is 37.3 Å². The van der Waals surface area contributed by atoms with Crippen LogP contribution in [0.3, 0.4) is 0 Å². The number of hydrogen-bond acceptors (Lipinski definition) is 7. The quantitative estimate of drug-likeness (QED) is 0.175. The van der Waals surface area contributed by atoms with Crippen LogP contribution in [-0.2, 0) is 4.12 Å². The van der Waals surface area contributed by atoms with Gasteiger partial charge in [-0.25, -0.2) is 0 Å². The zero-order valence-electron chi connectivity index (χ0n) is 13.7. The van der Waals surface area contributed by atoms with E-state index in [1.54, 1.807) is 0 Å². The largest absolute Gasteiger partial charge is 0.454 e. The van der Waals surface area contributed by atoms with Gasteiger partial charge in [-0.2, -0.15) is 0 Å². The minimum absolute atomic E-state index is 0.279. The summed E-state index contributed by atoms with van der Waals surface area (Å²) in [6.45, 7) is 0. The van der Waals surface area contributed by atoms with Crippen LogP contribution in [0.4, 0.5) is 0 Å². The summed E-state index contributed by atoms with van der Waals surface area (Å²) in [6, 6.07) is 0. The van der Waals surface area contributed by atoms with Gasteiger partial charge >= 0.3 is 0 Å². The van der Waals surface area contributed by atoms with Crippen molar-refractivity contribution in [2.24, 2.45) is 30.7 Å². The first-order chi connectivity index (χ1) is 13.1. The lowest BCUT2D eigenvalue weighted by atomic mass is 11.4. The Morgan fingerprint density at radius 3 is 0.778 bits per heavy atom. The third-order valence-electron chi connectivity index (χ3n) is 2.97. The Morgan fingerprint density at radius 2 is 0.630 bits per heavy atom. The minimum atomic E-state index is -3.39. The molecular weight excluding hydrogens is 396 g/mol. The summed E-state index contributed by atoms with van der Waals surface area (Å²) < 4.78 is 6.13. The van der Waals surface area contributed by atoms with E-state index in [0.29, 0.717) is 0 Å². The highest BCUT2D eigenvalue weighted by molar-refractivity contribution is 6.88. The molecule has 0 aromatic heterocycles. The molecule has 0 heterocycles. The van der Waals surface area contributed by atoms with Crippen molar-refractivity contribution < 1.29 is 4.12 Å². The SMILES string of the molecule is [N-]=[N+]=NC[Si](CN=[N+]=[N-])(CN=[N+]=[N-])O[Si](CN=[N+]=[N-])(CN=[N+]=[N-])CN=[N+]=[N-]. The molecule has 0 saturated heterocycles. The molecule has 0 fully saturated rings. The summed E-state index contributed by atoms with van der Waals surface area (Å²) in [7, 11) is -6.79. The molecule has 0 spiro atoms. The van der Waals surface area contributed by atoms with Crippen molar-refractivity contribution in [3.8, 4) is 0 Å². The van der Waals surface area contributed by atoms with Crippen LogP contribution in [0, 0.1) is 0 Å². The van der Waals surface area contributed by atoms with E-state index in [0.717, 1.165) is 0 Å². The third kappa shape index (κ3) is 8.78. The van der Waals surface area contributed by atoms with Gasteiger partial charge in [-0.1, -0.05) is 30.7 Å². The van der Waals surface area contributed by atoms with E-state index in [-0.39, 0.29) is 37.0 Å². The van der Waals surface area contributed by atoms with Crippen LogP contribution in [-0.4, -0.2) is 53.6 Å². The van der Waals surface area contributed by atoms with Crippen molar-refractivity contribution in [3.63, 3.8) is 0 Å². The number of hydrogen-bond donors (Lipinski definition) is 0. The van der Waals surface area contributed by atoms with Gasteiger partial charge in [-0.05, 0) is 33.2 Å². The van der Waals surface area contributed by atoms with Crippen molar-refractivity contribution in [3.05, 3.63) is 62.7 Å². The first-order valence-electron chi connectivity index (χ1n) is 6.83. The molecule has 0 N–H and O–H groups in total. The zero-order chi connectivity index (χ0) is 20.4. The first-order valence-corrected chi connectivity index (χ1v) is 11.9. The molecule has 0 aliphatic heterocycles. The highest BCUT2D eigenvalue weighted by Crippen LogP contribution is 2.19. The Bertz CT molecular complexity index is 618. The van der Waals surface area contributed by atoms with Crippen LogP contribution >= 0.6 is 0 Å². The third-order valence-corrected chi connectivity index (χ3v) is 10.7. The molecule has 27 heavy (non-hydrogen) atoms. The lowest BCUT2D eigenvalue weighted by molar-refractivity contribution is 0.507. The van der Waals surface area contributed by atoms with Gasteiger partial charge in [-0.15, -0.1) is 0 Å². The van der Waals surface area contributed by atoms with Gasteiger partial charge < -0.3 is 4.12 Å². The van der Waals surface area contributed by atoms with Gasteiger partial charge in [0.1, 0.15) is 0 Å². The van der Waals surface area contributed by atoms with E-state index >= 15 is 0 Å². The van der Waals surface area contributed by atoms with Gasteiger partial charge in [0.2, 0.25) is 0 Å². The van der Waals surface area contributed by atoms with Crippen molar-refractivity contribution in [2.75, 3.05) is 37.0 Å². The second kappa shape index (κ2) is 13.5. The summed E-state index contributed by atoms with van der Waals surface area (Å²) in [6.07, 6.45) is -1.67. The predicted octanol–water partition coefficient (Wildman–Crippen LogP) is 3.99. The molecule has 19 nitrogen and oxygen atoms in total. The smallest absolute Gasteiger partial charge is 0.196 e. The Kier molecular flexibility index (Phi) is 11.7. The summed E-state index contributed by atoms with van der Waals surface area (Å²) in [5.74, 6) is 0. The molecule has 0 amide bonds. The molecule has 0 aliphatic rings. The number of nitrogens with zero attached hydrogens (tertiary/aromatic N) is 18. The van der Waals surface area contributed by atoms with Crippen LogP contribution in [0.25, 0.3) is 62.7 Å². The Morgan fingerprint density at radius 1 is 0.444 bits per heavy atom. The maximum atomic E-state index is 8.63. The van der Waals surface area contributed by atoms with Crippen molar-refractivity contribution >= 4 is 16.6 Å². The normalized spacial score (nSPS) is 13.3. The van der Waals surface area contributed by atoms with Gasteiger partial charge in [-0.3, -0.25) is 0 Å². The van der Waals surface area contributed by atoms with Gasteiger partial charge in [0.25, 0.3) is 0 Å². The topological polar surface area (TPSA) is 302 Å². The Hall–Kier alpha value is -3.75. The standard InChI is InChI=1S/C6H12N18OSi2/c7-19-13-1-26(2-14-20-8,3-15-21-9)25-27(4-16-22-10,5-17-23-11)6-18-24-12/h1-6H2. The van der Waals surface area contributed by atoms with E-state index in [2.05, 4.69) is 60.2 Å². The van der Waals surface area contributed by atoms with E-state index in [9.17, 15) is 0 Å². The molecule has 0 aromatic rings. The van der Waals surface area contributed by atoms with E-state index in [1.807, 2.05) is 0 Å². The highest BCUT2D eigenvalue weighted by atomic mass is 28.4. The first kappa shape index (κ1) is 23.3. The summed E-state index contributed by atoms with van der Waals surface area (Å²) >= 11 is 0. The highest BCUT2D eigenvalue weighted by Gasteiger charge is 2.44. The van der Waals surface area contributed by atoms with Crippen molar-refractivity contribution in [2.45, 2.75) is 0 Å². The molecule has 0 aliphatic carbocycles. The Labute approximate surface area is 151 Å². The maximum absolute atomic E-state index is 8.63. The molecule has 140 valence electrons. The maximum Gasteiger partial charge on any atom is 0.196 e. The van der Waals surface area contributed by atoms with Crippen molar-refractivity contribution in [1.82, 2.24) is 0 Å². The van der Waals surface area contributed by atoms with E-state index in [1.165, 1.54) is 0 Å². The summed E-state index contributed by atoms with van der Waals surface area (Å²) in [4.78, 5) is 15.8. The number of rotatable bonds is 14. The van der Waals surface area contributed by atoms with Crippen LogP contribution in [0.2, 0.25) is 0 Å². The summed E-state index contributed by atoms with van der Waals surface area (Å²) in [5, 5.41) is 20.6. The fraction of sp³-hybridized carbons (Fsp3) is 1.00. The minimum Gasteiger partial charge on any atom is -0.454 e. The Balaban J connectivity index is 6.33. The molecule has 0 aromatic carbocycles. The van der Waals surface area contributed by atoms with Crippen LogP contribution < -0.4 is 0 Å². The molecule has 0 radical (unpaired) electrons. The molecule has 21 heteroatoms. The van der Waals surface area contributed by atoms with Crippen LogP contribution in [0.5, 0.6) is 0 Å². The monoisotopic (exact) mass is 408 g/mol.